The van der Waals surface area contributed by atoms with Crippen molar-refractivity contribution in [2.75, 3.05) is 19.0 Å². The number of ether oxygens (including phenoxy) is 2. The largest absolute Gasteiger partial charge is 0.493 e. The van der Waals surface area contributed by atoms with Gasteiger partial charge in [-0.1, -0.05) is 18.2 Å². The zero-order valence-corrected chi connectivity index (χ0v) is 11.9. The summed E-state index contributed by atoms with van der Waals surface area (Å²) in [5.41, 5.74) is 0.752. The first-order valence-electron chi connectivity index (χ1n) is 6.49. The second kappa shape index (κ2) is 7.12. The monoisotopic (exact) mass is 301 g/mol. The standard InChI is InChI=1S/C16H15NO5/c1-21-14-9-11(16(19)20)7-8-13(14)22-10-15(18)17-12-5-3-2-4-6-12/h2-9H,10H2,1H3,(H,17,18)(H,19,20). The number of hydrogen-bond donors (Lipinski definition) is 2. The van der Waals surface area contributed by atoms with Crippen molar-refractivity contribution in [3.8, 4) is 11.5 Å². The van der Waals surface area contributed by atoms with E-state index in [0.717, 1.165) is 0 Å². The number of anilines is 1. The van der Waals surface area contributed by atoms with Crippen LogP contribution < -0.4 is 14.8 Å². The fraction of sp³-hybridized carbons (Fsp3) is 0.125. The van der Waals surface area contributed by atoms with E-state index in [0.29, 0.717) is 11.4 Å². The van der Waals surface area contributed by atoms with Gasteiger partial charge in [0.05, 0.1) is 12.7 Å². The third kappa shape index (κ3) is 3.99. The van der Waals surface area contributed by atoms with Gasteiger partial charge in [0.2, 0.25) is 0 Å². The first-order valence-corrected chi connectivity index (χ1v) is 6.49. The van der Waals surface area contributed by atoms with Crippen LogP contribution in [0.3, 0.4) is 0 Å². The molecule has 0 radical (unpaired) electrons. The number of aromatic carboxylic acids is 1. The molecule has 0 fully saturated rings. The minimum absolute atomic E-state index is 0.0814. The fourth-order valence-electron chi connectivity index (χ4n) is 1.78. The fourth-order valence-corrected chi connectivity index (χ4v) is 1.78. The van der Waals surface area contributed by atoms with Crippen LogP contribution >= 0.6 is 0 Å². The van der Waals surface area contributed by atoms with Crippen molar-refractivity contribution in [2.24, 2.45) is 0 Å². The highest BCUT2D eigenvalue weighted by molar-refractivity contribution is 5.92. The Hall–Kier alpha value is -3.02. The molecule has 2 aromatic carbocycles. The number of nitrogens with one attached hydrogen (secondary N) is 1. The second-order valence-electron chi connectivity index (χ2n) is 4.37. The SMILES string of the molecule is COc1cc(C(=O)O)ccc1OCC(=O)Nc1ccccc1. The number of carbonyl (C=O) groups is 2. The van der Waals surface area contributed by atoms with Gasteiger partial charge >= 0.3 is 5.97 Å². The predicted molar refractivity (Wildman–Crippen MR) is 80.5 cm³/mol. The van der Waals surface area contributed by atoms with Crippen LogP contribution in [0.15, 0.2) is 48.5 Å². The van der Waals surface area contributed by atoms with Gasteiger partial charge < -0.3 is 19.9 Å². The van der Waals surface area contributed by atoms with E-state index in [9.17, 15) is 9.59 Å². The lowest BCUT2D eigenvalue weighted by Gasteiger charge is -2.11. The Morgan fingerprint density at radius 3 is 2.45 bits per heavy atom. The molecule has 6 heteroatoms. The molecule has 2 rings (SSSR count). The third-order valence-corrected chi connectivity index (χ3v) is 2.83. The van der Waals surface area contributed by atoms with Crippen LogP contribution in [0.5, 0.6) is 11.5 Å². The van der Waals surface area contributed by atoms with Crippen LogP contribution in [0, 0.1) is 0 Å². The highest BCUT2D eigenvalue weighted by Gasteiger charge is 2.11. The molecular weight excluding hydrogens is 286 g/mol. The Morgan fingerprint density at radius 2 is 1.82 bits per heavy atom. The van der Waals surface area contributed by atoms with Gasteiger partial charge in [-0.3, -0.25) is 4.79 Å². The van der Waals surface area contributed by atoms with E-state index in [4.69, 9.17) is 14.6 Å². The molecule has 114 valence electrons. The van der Waals surface area contributed by atoms with E-state index < -0.39 is 5.97 Å². The van der Waals surface area contributed by atoms with Gasteiger partial charge in [-0.2, -0.15) is 0 Å². The first-order chi connectivity index (χ1) is 10.6. The Balaban J connectivity index is 1.99. The first kappa shape index (κ1) is 15.4. The third-order valence-electron chi connectivity index (χ3n) is 2.83. The molecule has 0 saturated carbocycles. The molecule has 2 aromatic rings. The Kier molecular flexibility index (Phi) is 4.98. The van der Waals surface area contributed by atoms with E-state index in [1.54, 1.807) is 12.1 Å². The number of amides is 1. The van der Waals surface area contributed by atoms with Crippen LogP contribution in [0.25, 0.3) is 0 Å². The van der Waals surface area contributed by atoms with Gasteiger partial charge in [0.1, 0.15) is 0 Å². The molecule has 0 atom stereocenters. The molecule has 6 nitrogen and oxygen atoms in total. The average molecular weight is 301 g/mol. The second-order valence-corrected chi connectivity index (χ2v) is 4.37. The maximum absolute atomic E-state index is 11.8. The van der Waals surface area contributed by atoms with Gasteiger partial charge in [0, 0.05) is 5.69 Å². The van der Waals surface area contributed by atoms with Gasteiger partial charge in [-0.05, 0) is 30.3 Å². The number of benzene rings is 2. The lowest BCUT2D eigenvalue weighted by atomic mass is 10.2. The van der Waals surface area contributed by atoms with E-state index in [-0.39, 0.29) is 23.8 Å². The minimum atomic E-state index is -1.06. The number of hydrogen-bond acceptors (Lipinski definition) is 4. The van der Waals surface area contributed by atoms with Gasteiger partial charge in [0.25, 0.3) is 5.91 Å². The summed E-state index contributed by atoms with van der Waals surface area (Å²) in [7, 11) is 1.40. The van der Waals surface area contributed by atoms with Crippen LogP contribution in [0.2, 0.25) is 0 Å². The Labute approximate surface area is 127 Å². The zero-order chi connectivity index (χ0) is 15.9. The lowest BCUT2D eigenvalue weighted by Crippen LogP contribution is -2.20. The molecule has 0 unspecified atom stereocenters. The molecular formula is C16H15NO5. The summed E-state index contributed by atoms with van der Waals surface area (Å²) in [6.45, 7) is -0.211. The van der Waals surface area contributed by atoms with Crippen LogP contribution in [-0.2, 0) is 4.79 Å². The Morgan fingerprint density at radius 1 is 1.09 bits per heavy atom. The molecule has 0 bridgehead atoms. The summed E-state index contributed by atoms with van der Waals surface area (Å²) in [5.74, 6) is -0.828. The van der Waals surface area contributed by atoms with E-state index >= 15 is 0 Å². The highest BCUT2D eigenvalue weighted by Crippen LogP contribution is 2.28. The molecule has 0 saturated heterocycles. The molecule has 0 aliphatic carbocycles. The summed E-state index contributed by atoms with van der Waals surface area (Å²) < 4.78 is 10.4. The predicted octanol–water partition coefficient (Wildman–Crippen LogP) is 2.41. The van der Waals surface area contributed by atoms with Crippen LogP contribution in [0.1, 0.15) is 10.4 Å². The van der Waals surface area contributed by atoms with Crippen molar-refractivity contribution in [2.45, 2.75) is 0 Å². The van der Waals surface area contributed by atoms with Gasteiger partial charge in [-0.25, -0.2) is 4.79 Å². The minimum Gasteiger partial charge on any atom is -0.493 e. The van der Waals surface area contributed by atoms with Crippen molar-refractivity contribution < 1.29 is 24.2 Å². The quantitative estimate of drug-likeness (QED) is 0.856. The molecule has 22 heavy (non-hydrogen) atoms. The zero-order valence-electron chi connectivity index (χ0n) is 11.9. The summed E-state index contributed by atoms with van der Waals surface area (Å²) in [6, 6.07) is 13.2. The maximum atomic E-state index is 11.8. The molecule has 1 amide bonds. The van der Waals surface area contributed by atoms with E-state index in [2.05, 4.69) is 5.32 Å². The summed E-state index contributed by atoms with van der Waals surface area (Å²) in [4.78, 5) is 22.7. The van der Waals surface area contributed by atoms with E-state index in [1.807, 2.05) is 18.2 Å². The number of para-hydroxylation sites is 1. The van der Waals surface area contributed by atoms with Crippen LogP contribution in [0.4, 0.5) is 5.69 Å². The van der Waals surface area contributed by atoms with Crippen molar-refractivity contribution >= 4 is 17.6 Å². The van der Waals surface area contributed by atoms with Crippen LogP contribution in [-0.4, -0.2) is 30.7 Å². The molecule has 0 aromatic heterocycles. The summed E-state index contributed by atoms with van der Waals surface area (Å²) in [6.07, 6.45) is 0. The summed E-state index contributed by atoms with van der Waals surface area (Å²) >= 11 is 0. The average Bonchev–Trinajstić information content (AvgIpc) is 2.53. The molecule has 0 heterocycles. The number of rotatable bonds is 6. The van der Waals surface area contributed by atoms with E-state index in [1.165, 1.54) is 25.3 Å². The topological polar surface area (TPSA) is 84.9 Å². The maximum Gasteiger partial charge on any atom is 0.335 e. The number of carbonyl (C=O) groups excluding carboxylic acids is 1. The number of carboxylic acids is 1. The van der Waals surface area contributed by atoms with Crippen molar-refractivity contribution in [3.63, 3.8) is 0 Å². The highest BCUT2D eigenvalue weighted by atomic mass is 16.5. The normalized spacial score (nSPS) is 9.86. The number of methoxy groups -OCH3 is 1. The van der Waals surface area contributed by atoms with Crippen molar-refractivity contribution in [1.29, 1.82) is 0 Å². The van der Waals surface area contributed by atoms with Gasteiger partial charge in [0.15, 0.2) is 18.1 Å². The molecule has 2 N–H and O–H groups in total. The number of carboxylic acid groups (broad SMARTS) is 1. The molecule has 0 aliphatic rings. The Bertz CT molecular complexity index is 669. The van der Waals surface area contributed by atoms with Crippen molar-refractivity contribution in [3.05, 3.63) is 54.1 Å². The molecule has 0 spiro atoms. The summed E-state index contributed by atoms with van der Waals surface area (Å²) in [5, 5.41) is 11.6. The van der Waals surface area contributed by atoms with Crippen molar-refractivity contribution in [1.82, 2.24) is 0 Å². The lowest BCUT2D eigenvalue weighted by molar-refractivity contribution is -0.118. The van der Waals surface area contributed by atoms with Gasteiger partial charge in [-0.15, -0.1) is 0 Å². The smallest absolute Gasteiger partial charge is 0.335 e. The molecule has 0 aliphatic heterocycles.